The molecule has 0 radical (unpaired) electrons. The van der Waals surface area contributed by atoms with Gasteiger partial charge in [0, 0.05) is 25.2 Å². The lowest BCUT2D eigenvalue weighted by molar-refractivity contribution is 0.0735. The van der Waals surface area contributed by atoms with E-state index in [1.807, 2.05) is 43.0 Å². The van der Waals surface area contributed by atoms with Crippen molar-refractivity contribution in [3.63, 3.8) is 0 Å². The molecule has 0 spiro atoms. The molecule has 0 aliphatic carbocycles. The molecule has 1 amide bonds. The summed E-state index contributed by atoms with van der Waals surface area (Å²) in [4.78, 5) is 20.1. The number of para-hydroxylation sites is 1. The van der Waals surface area contributed by atoms with Crippen LogP contribution in [0, 0.1) is 0 Å². The molecule has 1 fully saturated rings. The summed E-state index contributed by atoms with van der Waals surface area (Å²) < 4.78 is 28.2. The van der Waals surface area contributed by atoms with Crippen LogP contribution in [0.4, 0.5) is 0 Å². The van der Waals surface area contributed by atoms with E-state index >= 15 is 0 Å². The molecule has 0 bridgehead atoms. The smallest absolute Gasteiger partial charge is 0.254 e. The summed E-state index contributed by atoms with van der Waals surface area (Å²) in [5.74, 6) is -0.145. The standard InChI is InChI=1S/C22H25N3O3S2/c1-3-24(4-2)30(27,28)17-10-7-9-16(15-17)22(26)25-14-8-12-19(25)21-23-18-11-5-6-13-20(18)29-21/h5-7,9-11,13,15,19H,3-4,8,12,14H2,1-2H3. The van der Waals surface area contributed by atoms with Gasteiger partial charge >= 0.3 is 0 Å². The predicted octanol–water partition coefficient (Wildman–Crippen LogP) is 4.30. The second-order valence-electron chi connectivity index (χ2n) is 7.29. The number of nitrogens with zero attached hydrogens (tertiary/aromatic N) is 3. The molecule has 4 rings (SSSR count). The molecule has 2 aromatic carbocycles. The van der Waals surface area contributed by atoms with Crippen molar-refractivity contribution >= 4 is 37.5 Å². The molecule has 0 N–H and O–H groups in total. The molecular formula is C22H25N3O3S2. The van der Waals surface area contributed by atoms with Crippen molar-refractivity contribution in [1.82, 2.24) is 14.2 Å². The number of fused-ring (bicyclic) bond motifs is 1. The Morgan fingerprint density at radius 1 is 1.17 bits per heavy atom. The largest absolute Gasteiger partial charge is 0.329 e. The number of benzene rings is 2. The van der Waals surface area contributed by atoms with Crippen LogP contribution in [0.25, 0.3) is 10.2 Å². The molecule has 2 heterocycles. The monoisotopic (exact) mass is 443 g/mol. The number of hydrogen-bond donors (Lipinski definition) is 0. The van der Waals surface area contributed by atoms with Gasteiger partial charge in [-0.05, 0) is 43.2 Å². The summed E-state index contributed by atoms with van der Waals surface area (Å²) in [5.41, 5.74) is 1.35. The second kappa shape index (κ2) is 8.45. The van der Waals surface area contributed by atoms with E-state index in [2.05, 4.69) is 0 Å². The van der Waals surface area contributed by atoms with Crippen molar-refractivity contribution in [2.24, 2.45) is 0 Å². The molecule has 158 valence electrons. The van der Waals surface area contributed by atoms with Gasteiger partial charge in [0.15, 0.2) is 0 Å². The first-order valence-electron chi connectivity index (χ1n) is 10.2. The maximum absolute atomic E-state index is 13.3. The van der Waals surface area contributed by atoms with Crippen molar-refractivity contribution < 1.29 is 13.2 Å². The summed E-state index contributed by atoms with van der Waals surface area (Å²) in [7, 11) is -3.61. The van der Waals surface area contributed by atoms with E-state index in [1.54, 1.807) is 29.5 Å². The quantitative estimate of drug-likeness (QED) is 0.569. The first kappa shape index (κ1) is 21.0. The highest BCUT2D eigenvalue weighted by atomic mass is 32.2. The zero-order valence-electron chi connectivity index (χ0n) is 17.1. The number of amides is 1. The molecule has 1 unspecified atom stereocenters. The maximum Gasteiger partial charge on any atom is 0.254 e. The van der Waals surface area contributed by atoms with Crippen LogP contribution in [0.15, 0.2) is 53.4 Å². The lowest BCUT2D eigenvalue weighted by Gasteiger charge is -2.24. The molecule has 3 aromatic rings. The van der Waals surface area contributed by atoms with Gasteiger partial charge in [0.1, 0.15) is 5.01 Å². The molecule has 6 nitrogen and oxygen atoms in total. The minimum atomic E-state index is -3.61. The van der Waals surface area contributed by atoms with Crippen LogP contribution in [-0.4, -0.2) is 48.1 Å². The van der Waals surface area contributed by atoms with E-state index in [0.29, 0.717) is 25.2 Å². The van der Waals surface area contributed by atoms with Gasteiger partial charge in [0.05, 0.1) is 21.2 Å². The average molecular weight is 444 g/mol. The van der Waals surface area contributed by atoms with Crippen molar-refractivity contribution in [3.8, 4) is 0 Å². The molecule has 30 heavy (non-hydrogen) atoms. The van der Waals surface area contributed by atoms with Gasteiger partial charge in [0.2, 0.25) is 10.0 Å². The van der Waals surface area contributed by atoms with E-state index < -0.39 is 10.0 Å². The maximum atomic E-state index is 13.3. The highest BCUT2D eigenvalue weighted by molar-refractivity contribution is 7.89. The number of likely N-dealkylation sites (tertiary alicyclic amines) is 1. The number of carbonyl (C=O) groups excluding carboxylic acids is 1. The minimum absolute atomic E-state index is 0.0713. The average Bonchev–Trinajstić information content (AvgIpc) is 3.40. The number of sulfonamides is 1. The third kappa shape index (κ3) is 3.75. The zero-order valence-corrected chi connectivity index (χ0v) is 18.7. The fourth-order valence-electron chi connectivity index (χ4n) is 3.97. The number of thiazole rings is 1. The van der Waals surface area contributed by atoms with Crippen LogP contribution in [0.1, 0.15) is 48.1 Å². The zero-order chi connectivity index (χ0) is 21.3. The van der Waals surface area contributed by atoms with Gasteiger partial charge in [-0.3, -0.25) is 4.79 Å². The number of carbonyl (C=O) groups is 1. The van der Waals surface area contributed by atoms with Crippen LogP contribution in [-0.2, 0) is 10.0 Å². The van der Waals surface area contributed by atoms with E-state index in [0.717, 1.165) is 28.1 Å². The van der Waals surface area contributed by atoms with Crippen LogP contribution in [0.3, 0.4) is 0 Å². The Balaban J connectivity index is 1.64. The Kier molecular flexibility index (Phi) is 5.90. The molecule has 1 saturated heterocycles. The van der Waals surface area contributed by atoms with Gasteiger partial charge in [-0.2, -0.15) is 4.31 Å². The Bertz CT molecular complexity index is 1140. The summed E-state index contributed by atoms with van der Waals surface area (Å²) >= 11 is 1.62. The molecule has 0 saturated carbocycles. The third-order valence-electron chi connectivity index (χ3n) is 5.53. The minimum Gasteiger partial charge on any atom is -0.329 e. The molecule has 8 heteroatoms. The van der Waals surface area contributed by atoms with Gasteiger partial charge < -0.3 is 4.90 Å². The SMILES string of the molecule is CCN(CC)S(=O)(=O)c1cccc(C(=O)N2CCCC2c2nc3ccccc3s2)c1. The van der Waals surface area contributed by atoms with Gasteiger partial charge in [-0.25, -0.2) is 13.4 Å². The van der Waals surface area contributed by atoms with E-state index in [4.69, 9.17) is 4.98 Å². The van der Waals surface area contributed by atoms with Crippen LogP contribution >= 0.6 is 11.3 Å². The van der Waals surface area contributed by atoms with Crippen LogP contribution in [0.2, 0.25) is 0 Å². The number of rotatable bonds is 6. The Labute approximate surface area is 181 Å². The number of aromatic nitrogens is 1. The normalized spacial score (nSPS) is 17.2. The lowest BCUT2D eigenvalue weighted by Crippen LogP contribution is -2.32. The summed E-state index contributed by atoms with van der Waals surface area (Å²) in [6.45, 7) is 5.05. The number of hydrogen-bond acceptors (Lipinski definition) is 5. The third-order valence-corrected chi connectivity index (χ3v) is 8.72. The van der Waals surface area contributed by atoms with Crippen molar-refractivity contribution in [3.05, 3.63) is 59.1 Å². The fraction of sp³-hybridized carbons (Fsp3) is 0.364. The molecular weight excluding hydrogens is 418 g/mol. The molecule has 1 aliphatic rings. The Hall–Kier alpha value is -2.29. The lowest BCUT2D eigenvalue weighted by atomic mass is 10.1. The summed E-state index contributed by atoms with van der Waals surface area (Å²) in [6.07, 6.45) is 1.77. The second-order valence-corrected chi connectivity index (χ2v) is 10.3. The first-order chi connectivity index (χ1) is 14.5. The van der Waals surface area contributed by atoms with E-state index in [9.17, 15) is 13.2 Å². The Morgan fingerprint density at radius 2 is 1.93 bits per heavy atom. The van der Waals surface area contributed by atoms with Gasteiger partial charge in [-0.15, -0.1) is 11.3 Å². The molecule has 1 aromatic heterocycles. The summed E-state index contributed by atoms with van der Waals surface area (Å²) in [6, 6.07) is 14.3. The van der Waals surface area contributed by atoms with Crippen molar-refractivity contribution in [2.45, 2.75) is 37.6 Å². The predicted molar refractivity (Wildman–Crippen MR) is 119 cm³/mol. The highest BCUT2D eigenvalue weighted by Gasteiger charge is 2.33. The van der Waals surface area contributed by atoms with Gasteiger partial charge in [0.25, 0.3) is 5.91 Å². The van der Waals surface area contributed by atoms with Crippen molar-refractivity contribution in [1.29, 1.82) is 0 Å². The summed E-state index contributed by atoms with van der Waals surface area (Å²) in [5, 5.41) is 0.939. The van der Waals surface area contributed by atoms with E-state index in [1.165, 1.54) is 10.4 Å². The van der Waals surface area contributed by atoms with E-state index in [-0.39, 0.29) is 16.8 Å². The van der Waals surface area contributed by atoms with Crippen molar-refractivity contribution in [2.75, 3.05) is 19.6 Å². The topological polar surface area (TPSA) is 70.6 Å². The fourth-order valence-corrected chi connectivity index (χ4v) is 6.59. The van der Waals surface area contributed by atoms with Crippen LogP contribution in [0.5, 0.6) is 0 Å². The molecule has 1 aliphatic heterocycles. The molecule has 1 atom stereocenters. The van der Waals surface area contributed by atoms with Gasteiger partial charge in [-0.1, -0.05) is 32.0 Å². The highest BCUT2D eigenvalue weighted by Crippen LogP contribution is 2.37. The van der Waals surface area contributed by atoms with Crippen LogP contribution < -0.4 is 0 Å². The first-order valence-corrected chi connectivity index (χ1v) is 12.5. The Morgan fingerprint density at radius 3 is 2.67 bits per heavy atom.